The van der Waals surface area contributed by atoms with Gasteiger partial charge in [-0.15, -0.1) is 0 Å². The molecule has 0 aromatic heterocycles. The molecule has 0 aliphatic carbocycles. The number of ether oxygens (including phenoxy) is 2. The number of unbranched alkanes of at least 4 members (excludes halogenated alkanes) is 41. The van der Waals surface area contributed by atoms with Crippen LogP contribution >= 0.6 is 0 Å². The second-order valence-electron chi connectivity index (χ2n) is 17.6. The van der Waals surface area contributed by atoms with Crippen LogP contribution < -0.4 is 0 Å². The molecule has 1 unspecified atom stereocenters. The third kappa shape index (κ3) is 47.7. The fraction of sp³-hybridized carbons (Fsp3) is 0.980. The molecule has 0 aromatic rings. The van der Waals surface area contributed by atoms with E-state index in [-0.39, 0.29) is 12.6 Å². The molecular weight excluding hydrogens is 677 g/mol. The van der Waals surface area contributed by atoms with Crippen molar-refractivity contribution >= 4 is 5.97 Å². The van der Waals surface area contributed by atoms with Crippen molar-refractivity contribution in [2.75, 3.05) is 19.8 Å². The molecule has 0 heterocycles. The average molecular weight is 779 g/mol. The third-order valence-corrected chi connectivity index (χ3v) is 11.9. The molecule has 0 radical (unpaired) electrons. The maximum atomic E-state index is 12.3. The van der Waals surface area contributed by atoms with Gasteiger partial charge in [-0.05, 0) is 12.8 Å². The lowest BCUT2D eigenvalue weighted by molar-refractivity contribution is -0.154. The van der Waals surface area contributed by atoms with E-state index >= 15 is 0 Å². The van der Waals surface area contributed by atoms with Crippen molar-refractivity contribution in [2.45, 2.75) is 302 Å². The highest BCUT2D eigenvalue weighted by atomic mass is 16.6. The molecule has 0 saturated heterocycles. The summed E-state index contributed by atoms with van der Waals surface area (Å²) in [5.74, 6) is -0.190. The van der Waals surface area contributed by atoms with Crippen molar-refractivity contribution < 1.29 is 19.4 Å². The van der Waals surface area contributed by atoms with Crippen LogP contribution in [0.5, 0.6) is 0 Å². The molecule has 0 spiro atoms. The highest BCUT2D eigenvalue weighted by Crippen LogP contribution is 2.17. The van der Waals surface area contributed by atoms with Gasteiger partial charge < -0.3 is 14.6 Å². The summed E-state index contributed by atoms with van der Waals surface area (Å²) in [6.07, 6.45) is 59.1. The highest BCUT2D eigenvalue weighted by Gasteiger charge is 2.13. The second kappa shape index (κ2) is 49.5. The molecule has 4 nitrogen and oxygen atoms in total. The predicted octanol–water partition coefficient (Wildman–Crippen LogP) is 17.1. The van der Waals surface area contributed by atoms with Gasteiger partial charge in [-0.25, -0.2) is 0 Å². The number of hydrogen-bond acceptors (Lipinski definition) is 4. The number of esters is 1. The first-order chi connectivity index (χ1) is 27.2. The number of hydrogen-bond donors (Lipinski definition) is 1. The number of aliphatic hydroxyl groups excluding tert-OH is 1. The molecule has 1 atom stereocenters. The van der Waals surface area contributed by atoms with Crippen LogP contribution in [0.2, 0.25) is 0 Å². The minimum atomic E-state index is -0.526. The van der Waals surface area contributed by atoms with Crippen LogP contribution in [0.15, 0.2) is 0 Å². The lowest BCUT2D eigenvalue weighted by Gasteiger charge is -2.16. The van der Waals surface area contributed by atoms with Gasteiger partial charge >= 0.3 is 5.97 Å². The van der Waals surface area contributed by atoms with Gasteiger partial charge in [0.1, 0.15) is 6.10 Å². The van der Waals surface area contributed by atoms with Crippen LogP contribution in [0.25, 0.3) is 0 Å². The van der Waals surface area contributed by atoms with E-state index in [4.69, 9.17) is 9.47 Å². The monoisotopic (exact) mass is 779 g/mol. The molecule has 55 heavy (non-hydrogen) atoms. The van der Waals surface area contributed by atoms with Gasteiger partial charge in [0.25, 0.3) is 0 Å². The topological polar surface area (TPSA) is 55.8 Å². The van der Waals surface area contributed by atoms with Crippen molar-refractivity contribution in [1.29, 1.82) is 0 Å². The van der Waals surface area contributed by atoms with E-state index in [1.54, 1.807) is 0 Å². The van der Waals surface area contributed by atoms with Crippen molar-refractivity contribution in [1.82, 2.24) is 0 Å². The van der Waals surface area contributed by atoms with Gasteiger partial charge in [0, 0.05) is 13.0 Å². The Morgan fingerprint density at radius 2 is 0.600 bits per heavy atom. The van der Waals surface area contributed by atoms with Crippen LogP contribution in [-0.2, 0) is 14.3 Å². The molecule has 0 amide bonds. The molecule has 0 rings (SSSR count). The minimum Gasteiger partial charge on any atom is -0.457 e. The number of carbonyl (C=O) groups is 1. The Bertz CT molecular complexity index is 696. The summed E-state index contributed by atoms with van der Waals surface area (Å²) in [6.45, 7) is 5.42. The molecule has 330 valence electrons. The van der Waals surface area contributed by atoms with E-state index in [1.165, 1.54) is 257 Å². The first-order valence-electron chi connectivity index (χ1n) is 25.6. The van der Waals surface area contributed by atoms with E-state index in [0.717, 1.165) is 19.3 Å². The summed E-state index contributed by atoms with van der Waals surface area (Å²) in [6, 6.07) is 0. The number of aliphatic hydroxyl groups is 1. The SMILES string of the molecule is CCCCCCCCCCCCCCCCCCCCCCCCC(=O)OC(CO)COCCCCCCCCCCCCCCCCCCCCCCC. The smallest absolute Gasteiger partial charge is 0.306 e. The van der Waals surface area contributed by atoms with Crippen LogP contribution in [0, 0.1) is 0 Å². The molecule has 0 aliphatic rings. The summed E-state index contributed by atoms with van der Waals surface area (Å²) in [4.78, 5) is 12.3. The average Bonchev–Trinajstić information content (AvgIpc) is 3.19. The van der Waals surface area contributed by atoms with Crippen LogP contribution in [0.1, 0.15) is 296 Å². The standard InChI is InChI=1S/C51H102O4/c1-3-5-7-9-11-13-15-17-19-21-23-25-26-28-30-32-34-36-38-40-42-44-46-51(53)55-50(48-52)49-54-47-45-43-41-39-37-35-33-31-29-27-24-22-20-18-16-14-12-10-8-6-4-2/h50,52H,3-49H2,1-2H3. The van der Waals surface area contributed by atoms with Gasteiger partial charge in [-0.2, -0.15) is 0 Å². The molecular formula is C51H102O4. The van der Waals surface area contributed by atoms with E-state index < -0.39 is 6.10 Å². The van der Waals surface area contributed by atoms with E-state index in [2.05, 4.69) is 13.8 Å². The normalized spacial score (nSPS) is 12.1. The Hall–Kier alpha value is -0.610. The van der Waals surface area contributed by atoms with Crippen molar-refractivity contribution in [3.8, 4) is 0 Å². The second-order valence-corrected chi connectivity index (χ2v) is 17.6. The molecule has 1 N–H and O–H groups in total. The first kappa shape index (κ1) is 54.4. The summed E-state index contributed by atoms with van der Waals surface area (Å²) in [5, 5.41) is 9.65. The Balaban J connectivity index is 3.32. The van der Waals surface area contributed by atoms with Crippen LogP contribution in [0.4, 0.5) is 0 Å². The van der Waals surface area contributed by atoms with E-state index in [0.29, 0.717) is 19.6 Å². The molecule has 0 aromatic carbocycles. The van der Waals surface area contributed by atoms with Crippen molar-refractivity contribution in [3.05, 3.63) is 0 Å². The van der Waals surface area contributed by atoms with Crippen molar-refractivity contribution in [3.63, 3.8) is 0 Å². The Kier molecular flexibility index (Phi) is 49.0. The lowest BCUT2D eigenvalue weighted by Crippen LogP contribution is -2.27. The van der Waals surface area contributed by atoms with Crippen LogP contribution in [0.3, 0.4) is 0 Å². The Morgan fingerprint density at radius 1 is 0.364 bits per heavy atom. The fourth-order valence-electron chi connectivity index (χ4n) is 8.10. The zero-order valence-electron chi connectivity index (χ0n) is 38.0. The molecule has 0 aliphatic heterocycles. The zero-order valence-corrected chi connectivity index (χ0v) is 38.0. The van der Waals surface area contributed by atoms with E-state index in [1.807, 2.05) is 0 Å². The fourth-order valence-corrected chi connectivity index (χ4v) is 8.10. The third-order valence-electron chi connectivity index (χ3n) is 11.9. The Labute approximate surface area is 346 Å². The Morgan fingerprint density at radius 3 is 0.855 bits per heavy atom. The van der Waals surface area contributed by atoms with E-state index in [9.17, 15) is 9.90 Å². The summed E-state index contributed by atoms with van der Waals surface area (Å²) < 4.78 is 11.2. The largest absolute Gasteiger partial charge is 0.457 e. The molecule has 0 saturated carbocycles. The summed E-state index contributed by atoms with van der Waals surface area (Å²) in [7, 11) is 0. The minimum absolute atomic E-state index is 0.162. The summed E-state index contributed by atoms with van der Waals surface area (Å²) >= 11 is 0. The van der Waals surface area contributed by atoms with Gasteiger partial charge in [-0.3, -0.25) is 4.79 Å². The van der Waals surface area contributed by atoms with Gasteiger partial charge in [-0.1, -0.05) is 277 Å². The van der Waals surface area contributed by atoms with Gasteiger partial charge in [0.2, 0.25) is 0 Å². The van der Waals surface area contributed by atoms with Gasteiger partial charge in [0.15, 0.2) is 0 Å². The first-order valence-corrected chi connectivity index (χ1v) is 25.6. The number of carbonyl (C=O) groups excluding carboxylic acids is 1. The lowest BCUT2D eigenvalue weighted by atomic mass is 10.0. The maximum Gasteiger partial charge on any atom is 0.306 e. The zero-order chi connectivity index (χ0) is 39.8. The molecule has 4 heteroatoms. The van der Waals surface area contributed by atoms with Gasteiger partial charge in [0.05, 0.1) is 13.2 Å². The van der Waals surface area contributed by atoms with Crippen LogP contribution in [-0.4, -0.2) is 37.0 Å². The predicted molar refractivity (Wildman–Crippen MR) is 242 cm³/mol. The van der Waals surface area contributed by atoms with Crippen molar-refractivity contribution in [2.24, 2.45) is 0 Å². The molecule has 0 fully saturated rings. The number of rotatable bonds is 49. The maximum absolute atomic E-state index is 12.3. The summed E-state index contributed by atoms with van der Waals surface area (Å²) in [5.41, 5.74) is 0. The highest BCUT2D eigenvalue weighted by molar-refractivity contribution is 5.69. The quantitative estimate of drug-likeness (QED) is 0.0494. The molecule has 0 bridgehead atoms.